The monoisotopic (exact) mass is 466 g/mol. The van der Waals surface area contributed by atoms with E-state index < -0.39 is 0 Å². The SMILES string of the molecule is CC(C)=C[C-]=C([CH-]c1ccccc1)c1ccccc1.[Zr+4].c1cc[cH-]c1.c1cc[cH-]c1. The first-order valence-corrected chi connectivity index (χ1v) is 9.81. The maximum Gasteiger partial charge on any atom is 4.00 e. The van der Waals surface area contributed by atoms with Crippen LogP contribution in [0.15, 0.2) is 133 Å². The second kappa shape index (κ2) is 16.2. The molecule has 4 aromatic rings. The summed E-state index contributed by atoms with van der Waals surface area (Å²) in [7, 11) is 0. The van der Waals surface area contributed by atoms with Crippen LogP contribution >= 0.6 is 0 Å². The van der Waals surface area contributed by atoms with Crippen molar-refractivity contribution in [1.82, 2.24) is 0 Å². The molecular formula is C29H28Zr. The van der Waals surface area contributed by atoms with Crippen molar-refractivity contribution >= 4 is 5.57 Å². The van der Waals surface area contributed by atoms with E-state index in [1.807, 2.05) is 78.9 Å². The van der Waals surface area contributed by atoms with Gasteiger partial charge in [-0.1, -0.05) is 48.5 Å². The first-order chi connectivity index (χ1) is 14.3. The van der Waals surface area contributed by atoms with Gasteiger partial charge in [0.15, 0.2) is 0 Å². The molecule has 0 aliphatic rings. The molecule has 0 bridgehead atoms. The standard InChI is InChI=1S/C19H18.2C5H5.Zr/c1-16(2)13-14-19(18-11-7-4-8-12-18)15-17-9-5-3-6-10-17;2*1-2-4-5-3-1;/h3-13,15H,1-2H3;2*1-5H;/q-2;2*-1;+4. The van der Waals surface area contributed by atoms with Crippen molar-refractivity contribution in [2.45, 2.75) is 13.8 Å². The second-order valence-electron chi connectivity index (χ2n) is 6.63. The van der Waals surface area contributed by atoms with Gasteiger partial charge in [0, 0.05) is 0 Å². The minimum absolute atomic E-state index is 0. The van der Waals surface area contributed by atoms with E-state index in [4.69, 9.17) is 0 Å². The van der Waals surface area contributed by atoms with Crippen LogP contribution in [0, 0.1) is 12.5 Å². The Balaban J connectivity index is 0.000000333. The molecule has 0 fully saturated rings. The molecule has 0 aromatic heterocycles. The van der Waals surface area contributed by atoms with E-state index >= 15 is 0 Å². The zero-order valence-corrected chi connectivity index (χ0v) is 20.2. The molecule has 4 aromatic carbocycles. The largest absolute Gasteiger partial charge is 4.00 e. The molecule has 0 N–H and O–H groups in total. The second-order valence-corrected chi connectivity index (χ2v) is 6.63. The van der Waals surface area contributed by atoms with Gasteiger partial charge < -0.3 is 0 Å². The molecule has 30 heavy (non-hydrogen) atoms. The maximum absolute atomic E-state index is 3.38. The molecule has 148 valence electrons. The van der Waals surface area contributed by atoms with Crippen molar-refractivity contribution in [1.29, 1.82) is 0 Å². The predicted octanol–water partition coefficient (Wildman–Crippen LogP) is 7.90. The van der Waals surface area contributed by atoms with Crippen LogP contribution in [-0.4, -0.2) is 0 Å². The summed E-state index contributed by atoms with van der Waals surface area (Å²) < 4.78 is 0. The minimum atomic E-state index is 0. The van der Waals surface area contributed by atoms with Crippen LogP contribution in [0.25, 0.3) is 5.57 Å². The molecule has 4 rings (SSSR count). The molecule has 0 amide bonds. The van der Waals surface area contributed by atoms with Gasteiger partial charge in [0.1, 0.15) is 0 Å². The zero-order valence-electron chi connectivity index (χ0n) is 17.7. The topological polar surface area (TPSA) is 0 Å². The first kappa shape index (κ1) is 25.4. The molecule has 0 aliphatic heterocycles. The van der Waals surface area contributed by atoms with E-state index in [1.165, 1.54) is 16.7 Å². The normalized spacial score (nSPS) is 9.60. The van der Waals surface area contributed by atoms with Crippen molar-refractivity contribution in [3.8, 4) is 0 Å². The Bertz CT molecular complexity index is 848. The summed E-state index contributed by atoms with van der Waals surface area (Å²) in [5.74, 6) is 0. The third-order valence-corrected chi connectivity index (χ3v) is 3.82. The Morgan fingerprint density at radius 1 is 0.700 bits per heavy atom. The molecule has 0 nitrogen and oxygen atoms in total. The fourth-order valence-electron chi connectivity index (χ4n) is 2.41. The van der Waals surface area contributed by atoms with Crippen LogP contribution in [0.1, 0.15) is 25.0 Å². The van der Waals surface area contributed by atoms with Crippen LogP contribution in [0.4, 0.5) is 0 Å². The van der Waals surface area contributed by atoms with Crippen LogP contribution in [0.2, 0.25) is 0 Å². The molecule has 0 heterocycles. The summed E-state index contributed by atoms with van der Waals surface area (Å²) in [6.45, 7) is 4.16. The van der Waals surface area contributed by atoms with Crippen LogP contribution < -0.4 is 0 Å². The van der Waals surface area contributed by atoms with Crippen molar-refractivity contribution in [3.63, 3.8) is 0 Å². The van der Waals surface area contributed by atoms with E-state index in [9.17, 15) is 0 Å². The van der Waals surface area contributed by atoms with E-state index in [-0.39, 0.29) is 26.2 Å². The molecule has 0 atom stereocenters. The molecule has 0 unspecified atom stereocenters. The van der Waals surface area contributed by atoms with Gasteiger partial charge in [-0.3, -0.25) is 11.6 Å². The predicted molar refractivity (Wildman–Crippen MR) is 126 cm³/mol. The fourth-order valence-corrected chi connectivity index (χ4v) is 2.41. The Kier molecular flexibility index (Phi) is 13.7. The molecular weight excluding hydrogens is 440 g/mol. The van der Waals surface area contributed by atoms with Crippen molar-refractivity contribution in [2.75, 3.05) is 0 Å². The molecule has 0 spiro atoms. The van der Waals surface area contributed by atoms with Gasteiger partial charge in [0.05, 0.1) is 0 Å². The third kappa shape index (κ3) is 11.4. The molecule has 0 saturated heterocycles. The van der Waals surface area contributed by atoms with Gasteiger partial charge in [0.25, 0.3) is 0 Å². The Morgan fingerprint density at radius 2 is 1.17 bits per heavy atom. The number of rotatable bonds is 4. The van der Waals surface area contributed by atoms with Crippen LogP contribution in [0.5, 0.6) is 0 Å². The number of hydrogen-bond acceptors (Lipinski definition) is 0. The first-order valence-electron chi connectivity index (χ1n) is 9.81. The average molecular weight is 468 g/mol. The maximum atomic E-state index is 3.38. The number of benzene rings is 2. The van der Waals surface area contributed by atoms with E-state index in [0.717, 1.165) is 5.57 Å². The molecule has 0 aliphatic carbocycles. The van der Waals surface area contributed by atoms with Gasteiger partial charge in [0.2, 0.25) is 0 Å². The summed E-state index contributed by atoms with van der Waals surface area (Å²) in [4.78, 5) is 0. The van der Waals surface area contributed by atoms with Gasteiger partial charge in [-0.2, -0.15) is 42.0 Å². The molecule has 0 saturated carbocycles. The average Bonchev–Trinajstić information content (AvgIpc) is 3.51. The summed E-state index contributed by atoms with van der Waals surface area (Å²) >= 11 is 0. The Hall–Kier alpha value is -2.63. The number of hydrogen-bond donors (Lipinski definition) is 0. The van der Waals surface area contributed by atoms with Gasteiger partial charge in [-0.25, -0.2) is 42.3 Å². The zero-order chi connectivity index (χ0) is 20.6. The smallest absolute Gasteiger partial charge is 0.280 e. The van der Waals surface area contributed by atoms with Crippen molar-refractivity contribution in [3.05, 3.63) is 157 Å². The van der Waals surface area contributed by atoms with Crippen LogP contribution in [0.3, 0.4) is 0 Å². The van der Waals surface area contributed by atoms with Crippen LogP contribution in [-0.2, 0) is 26.2 Å². The Labute approximate surface area is 201 Å². The summed E-state index contributed by atoms with van der Waals surface area (Å²) in [5, 5.41) is 0. The molecule has 0 radical (unpaired) electrons. The minimum Gasteiger partial charge on any atom is -0.280 e. The van der Waals surface area contributed by atoms with E-state index in [0.29, 0.717) is 0 Å². The summed E-state index contributed by atoms with van der Waals surface area (Å²) in [5.41, 5.74) is 4.72. The van der Waals surface area contributed by atoms with Gasteiger partial charge >= 0.3 is 26.2 Å². The van der Waals surface area contributed by atoms with E-state index in [2.05, 4.69) is 74.9 Å². The van der Waals surface area contributed by atoms with E-state index in [1.54, 1.807) is 0 Å². The van der Waals surface area contributed by atoms with Crippen molar-refractivity contribution in [2.24, 2.45) is 0 Å². The van der Waals surface area contributed by atoms with Crippen molar-refractivity contribution < 1.29 is 26.2 Å². The van der Waals surface area contributed by atoms with Gasteiger partial charge in [-0.15, -0.1) is 31.5 Å². The Morgan fingerprint density at radius 3 is 1.57 bits per heavy atom. The molecule has 1 heteroatoms. The van der Waals surface area contributed by atoms with Gasteiger partial charge in [-0.05, 0) is 0 Å². The number of allylic oxidation sites excluding steroid dienone is 4. The quantitative estimate of drug-likeness (QED) is 0.211. The summed E-state index contributed by atoms with van der Waals surface area (Å²) in [6, 6.07) is 40.7. The fraction of sp³-hybridized carbons (Fsp3) is 0.0690. The summed E-state index contributed by atoms with van der Waals surface area (Å²) in [6.07, 6.45) is 7.57. The third-order valence-electron chi connectivity index (χ3n) is 3.82.